The van der Waals surface area contributed by atoms with E-state index in [1.165, 1.54) is 34.9 Å². The number of halogens is 4. The molecule has 3 rings (SSSR count). The van der Waals surface area contributed by atoms with Gasteiger partial charge in [-0.1, -0.05) is 11.6 Å². The smallest absolute Gasteiger partial charge is 0.420 e. The lowest BCUT2D eigenvalue weighted by Crippen LogP contribution is -2.21. The maximum atomic E-state index is 14.2. The molecule has 1 aromatic heterocycles. The second-order valence-corrected chi connectivity index (χ2v) is 8.03. The first kappa shape index (κ1) is 24.6. The Bertz CT molecular complexity index is 1200. The number of fused-ring (bicyclic) bond motifs is 1. The van der Waals surface area contributed by atoms with Crippen LogP contribution in [0.25, 0.3) is 10.9 Å². The first-order valence-electron chi connectivity index (χ1n) is 9.81. The van der Waals surface area contributed by atoms with Crippen molar-refractivity contribution in [1.29, 1.82) is 0 Å². The zero-order valence-corrected chi connectivity index (χ0v) is 19.2. The van der Waals surface area contributed by atoms with Gasteiger partial charge in [0.1, 0.15) is 11.3 Å². The van der Waals surface area contributed by atoms with E-state index in [2.05, 4.69) is 0 Å². The third kappa shape index (κ3) is 4.84. The van der Waals surface area contributed by atoms with Gasteiger partial charge in [0.2, 0.25) is 0 Å². The van der Waals surface area contributed by atoms with Gasteiger partial charge in [-0.15, -0.1) is 0 Å². The van der Waals surface area contributed by atoms with Crippen LogP contribution in [-0.2, 0) is 28.7 Å². The number of methoxy groups -OCH3 is 2. The van der Waals surface area contributed by atoms with Crippen LogP contribution in [-0.4, -0.2) is 49.7 Å². The summed E-state index contributed by atoms with van der Waals surface area (Å²) in [5.74, 6) is -1.69. The van der Waals surface area contributed by atoms with Crippen LogP contribution in [0.1, 0.15) is 27.2 Å². The lowest BCUT2D eigenvalue weighted by Gasteiger charge is -2.15. The summed E-state index contributed by atoms with van der Waals surface area (Å²) in [6, 6.07) is 8.57. The maximum absolute atomic E-state index is 14.2. The molecule has 0 bridgehead atoms. The number of carbonyl (C=O) groups excluding carboxylic acids is 2. The molecule has 10 heteroatoms. The van der Waals surface area contributed by atoms with Crippen molar-refractivity contribution in [2.75, 3.05) is 28.3 Å². The molecule has 0 amide bonds. The van der Waals surface area contributed by atoms with Gasteiger partial charge in [0.25, 0.3) is 5.91 Å². The first-order valence-corrected chi connectivity index (χ1v) is 10.2. The van der Waals surface area contributed by atoms with Gasteiger partial charge < -0.3 is 14.4 Å². The molecule has 0 aliphatic rings. The van der Waals surface area contributed by atoms with Crippen molar-refractivity contribution >= 4 is 34.4 Å². The van der Waals surface area contributed by atoms with E-state index >= 15 is 0 Å². The summed E-state index contributed by atoms with van der Waals surface area (Å²) in [7, 11) is 5.70. The normalized spacial score (nSPS) is 11.8. The van der Waals surface area contributed by atoms with E-state index in [1.54, 1.807) is 19.0 Å². The summed E-state index contributed by atoms with van der Waals surface area (Å²) >= 11 is 5.92. The average Bonchev–Trinajstić information content (AvgIpc) is 3.04. The number of esters is 1. The van der Waals surface area contributed by atoms with E-state index in [0.29, 0.717) is 5.02 Å². The third-order valence-electron chi connectivity index (χ3n) is 5.12. The van der Waals surface area contributed by atoms with Gasteiger partial charge in [0.15, 0.2) is 0 Å². The first-order chi connectivity index (χ1) is 15.5. The van der Waals surface area contributed by atoms with Crippen LogP contribution in [0.5, 0.6) is 5.75 Å². The van der Waals surface area contributed by atoms with E-state index in [-0.39, 0.29) is 34.3 Å². The van der Waals surface area contributed by atoms with Crippen molar-refractivity contribution in [3.8, 4) is 5.75 Å². The number of ether oxygens (including phenoxy) is 2. The minimum absolute atomic E-state index is 0.0128. The fourth-order valence-electron chi connectivity index (χ4n) is 3.77. The molecule has 1 heterocycles. The van der Waals surface area contributed by atoms with Crippen molar-refractivity contribution in [3.05, 3.63) is 63.8 Å². The lowest BCUT2D eigenvalue weighted by atomic mass is 10.0. The highest BCUT2D eigenvalue weighted by Gasteiger charge is 2.40. The van der Waals surface area contributed by atoms with Gasteiger partial charge in [-0.25, -0.2) is 0 Å². The van der Waals surface area contributed by atoms with E-state index < -0.39 is 35.8 Å². The maximum Gasteiger partial charge on any atom is 0.420 e. The topological polar surface area (TPSA) is 60.8 Å². The Hall–Kier alpha value is -3.04. The van der Waals surface area contributed by atoms with Crippen LogP contribution in [0.3, 0.4) is 0 Å². The molecule has 33 heavy (non-hydrogen) atoms. The van der Waals surface area contributed by atoms with Gasteiger partial charge in [0.05, 0.1) is 26.2 Å². The minimum atomic E-state index is -4.80. The molecule has 0 atom stereocenters. The molecule has 0 saturated carbocycles. The highest BCUT2D eigenvalue weighted by molar-refractivity contribution is 6.30. The molecule has 3 aromatic rings. The Morgan fingerprint density at radius 3 is 2.21 bits per heavy atom. The standard InChI is InChI=1S/C23H22ClF3N2O4/c1-28(2)12-17-15(11-19(30)33-4)20-16(9-10-18(32-3)21(20)23(25,26)27)29(17)22(31)13-5-7-14(24)8-6-13/h5-10H,11-12H2,1-4H3. The molecule has 0 spiro atoms. The molecule has 0 aliphatic heterocycles. The van der Waals surface area contributed by atoms with Crippen molar-refractivity contribution in [2.24, 2.45) is 0 Å². The molecule has 0 unspecified atom stereocenters. The second kappa shape index (κ2) is 9.44. The molecule has 0 saturated heterocycles. The van der Waals surface area contributed by atoms with Gasteiger partial charge in [-0.2, -0.15) is 13.2 Å². The summed E-state index contributed by atoms with van der Waals surface area (Å²) in [6.45, 7) is 0.0972. The zero-order chi connectivity index (χ0) is 24.5. The number of benzene rings is 2. The zero-order valence-electron chi connectivity index (χ0n) is 18.4. The molecule has 0 N–H and O–H groups in total. The summed E-state index contributed by atoms with van der Waals surface area (Å²) in [5.41, 5.74) is -0.508. The molecule has 2 aromatic carbocycles. The van der Waals surface area contributed by atoms with Crippen LogP contribution in [0, 0.1) is 0 Å². The number of nitrogens with zero attached hydrogens (tertiary/aromatic N) is 2. The SMILES string of the molecule is COC(=O)Cc1c(CN(C)C)n(C(=O)c2ccc(Cl)cc2)c2ccc(OC)c(C(F)(F)F)c12. The highest BCUT2D eigenvalue weighted by Crippen LogP contribution is 2.44. The van der Waals surface area contributed by atoms with Crippen LogP contribution < -0.4 is 4.74 Å². The third-order valence-corrected chi connectivity index (χ3v) is 5.37. The Kier molecular flexibility index (Phi) is 7.04. The van der Waals surface area contributed by atoms with E-state index in [1.807, 2.05) is 0 Å². The fraction of sp³-hybridized carbons (Fsp3) is 0.304. The van der Waals surface area contributed by atoms with Crippen LogP contribution in [0.15, 0.2) is 36.4 Å². The summed E-state index contributed by atoms with van der Waals surface area (Å²) in [4.78, 5) is 27.4. The summed E-state index contributed by atoms with van der Waals surface area (Å²) in [6.07, 6.45) is -5.26. The second-order valence-electron chi connectivity index (χ2n) is 7.60. The van der Waals surface area contributed by atoms with Crippen molar-refractivity contribution in [3.63, 3.8) is 0 Å². The molecule has 0 aliphatic carbocycles. The Morgan fingerprint density at radius 2 is 1.70 bits per heavy atom. The predicted octanol–water partition coefficient (Wildman–Crippen LogP) is 4.79. The molecule has 0 fully saturated rings. The van der Waals surface area contributed by atoms with Crippen LogP contribution >= 0.6 is 11.6 Å². The van der Waals surface area contributed by atoms with E-state index in [0.717, 1.165) is 20.3 Å². The number of carbonyl (C=O) groups is 2. The van der Waals surface area contributed by atoms with Gasteiger partial charge >= 0.3 is 12.1 Å². The Morgan fingerprint density at radius 1 is 1.06 bits per heavy atom. The van der Waals surface area contributed by atoms with Gasteiger partial charge in [0, 0.05) is 28.2 Å². The predicted molar refractivity (Wildman–Crippen MR) is 118 cm³/mol. The van der Waals surface area contributed by atoms with Crippen LogP contribution in [0.4, 0.5) is 13.2 Å². The van der Waals surface area contributed by atoms with Gasteiger partial charge in [-0.3, -0.25) is 14.2 Å². The largest absolute Gasteiger partial charge is 0.496 e. The monoisotopic (exact) mass is 482 g/mol. The number of rotatable bonds is 6. The van der Waals surface area contributed by atoms with Crippen molar-refractivity contribution in [1.82, 2.24) is 9.47 Å². The fourth-order valence-corrected chi connectivity index (χ4v) is 3.89. The molecular formula is C23H22ClF3N2O4. The lowest BCUT2D eigenvalue weighted by molar-refractivity contribution is -0.140. The molecule has 176 valence electrons. The molecule has 0 radical (unpaired) electrons. The average molecular weight is 483 g/mol. The molecular weight excluding hydrogens is 461 g/mol. The summed E-state index contributed by atoms with van der Waals surface area (Å²) in [5, 5.41) is 0.138. The highest BCUT2D eigenvalue weighted by atomic mass is 35.5. The Labute approximate surface area is 193 Å². The van der Waals surface area contributed by atoms with Crippen molar-refractivity contribution in [2.45, 2.75) is 19.1 Å². The number of hydrogen-bond donors (Lipinski definition) is 0. The van der Waals surface area contributed by atoms with Crippen molar-refractivity contribution < 1.29 is 32.2 Å². The van der Waals surface area contributed by atoms with Gasteiger partial charge in [-0.05, 0) is 56.1 Å². The van der Waals surface area contributed by atoms with Crippen LogP contribution in [0.2, 0.25) is 5.02 Å². The van der Waals surface area contributed by atoms with E-state index in [4.69, 9.17) is 21.1 Å². The quantitative estimate of drug-likeness (QED) is 0.473. The number of alkyl halides is 3. The Balaban J connectivity index is 2.48. The van der Waals surface area contributed by atoms with E-state index in [9.17, 15) is 22.8 Å². The summed E-state index contributed by atoms with van der Waals surface area (Å²) < 4.78 is 53.6. The minimum Gasteiger partial charge on any atom is -0.496 e. The number of hydrogen-bond acceptors (Lipinski definition) is 5. The number of aromatic nitrogens is 1. The molecule has 6 nitrogen and oxygen atoms in total.